The minimum absolute atomic E-state index is 0.0445. The molecule has 0 spiro atoms. The van der Waals surface area contributed by atoms with Crippen LogP contribution in [0, 0.1) is 0 Å². The van der Waals surface area contributed by atoms with E-state index in [-0.39, 0.29) is 23.6 Å². The largest absolute Gasteiger partial charge is 0.481 e. The van der Waals surface area contributed by atoms with Gasteiger partial charge in [0.25, 0.3) is 0 Å². The van der Waals surface area contributed by atoms with Crippen LogP contribution in [0.1, 0.15) is 50.9 Å². The van der Waals surface area contributed by atoms with Crippen LogP contribution < -0.4 is 5.43 Å². The maximum Gasteiger partial charge on any atom is 0.309 e. The number of hydrogen-bond acceptors (Lipinski definition) is 3. The first-order valence-electron chi connectivity index (χ1n) is 7.08. The van der Waals surface area contributed by atoms with Gasteiger partial charge in [-0.3, -0.25) is 14.3 Å². The summed E-state index contributed by atoms with van der Waals surface area (Å²) in [6.45, 7) is 8.10. The summed E-state index contributed by atoms with van der Waals surface area (Å²) in [5, 5.41) is 13.7. The maximum absolute atomic E-state index is 12.4. The average molecular weight is 288 g/mol. The highest BCUT2D eigenvalue weighted by molar-refractivity contribution is 5.81. The van der Waals surface area contributed by atoms with Gasteiger partial charge in [0.1, 0.15) is 5.69 Å². The summed E-state index contributed by atoms with van der Waals surface area (Å²) in [4.78, 5) is 23.3. The molecule has 0 aliphatic rings. The Morgan fingerprint density at radius 2 is 1.95 bits per heavy atom. The first kappa shape index (κ1) is 15.2. The highest BCUT2D eigenvalue weighted by Crippen LogP contribution is 2.21. The van der Waals surface area contributed by atoms with Crippen molar-refractivity contribution in [1.82, 2.24) is 9.78 Å². The lowest BCUT2D eigenvalue weighted by atomic mass is 10.0. The van der Waals surface area contributed by atoms with Crippen LogP contribution in [-0.2, 0) is 11.2 Å². The van der Waals surface area contributed by atoms with E-state index in [1.165, 1.54) is 0 Å². The van der Waals surface area contributed by atoms with E-state index in [0.29, 0.717) is 11.3 Å². The molecule has 0 amide bonds. The lowest BCUT2D eigenvalue weighted by molar-refractivity contribution is -0.136. The lowest BCUT2D eigenvalue weighted by Gasteiger charge is -2.16. The van der Waals surface area contributed by atoms with E-state index in [2.05, 4.69) is 18.9 Å². The Hall–Kier alpha value is -2.17. The molecule has 0 atom stereocenters. The van der Waals surface area contributed by atoms with Crippen LogP contribution in [-0.4, -0.2) is 20.9 Å². The van der Waals surface area contributed by atoms with Gasteiger partial charge in [0.2, 0.25) is 5.43 Å². The van der Waals surface area contributed by atoms with Crippen molar-refractivity contribution >= 4 is 16.9 Å². The molecule has 0 aliphatic carbocycles. The van der Waals surface area contributed by atoms with Crippen molar-refractivity contribution in [3.63, 3.8) is 0 Å². The van der Waals surface area contributed by atoms with Crippen LogP contribution in [0.15, 0.2) is 23.0 Å². The highest BCUT2D eigenvalue weighted by atomic mass is 16.4. The molecule has 0 saturated heterocycles. The molecule has 1 aromatic heterocycles. The van der Waals surface area contributed by atoms with E-state index in [4.69, 9.17) is 5.11 Å². The van der Waals surface area contributed by atoms with E-state index in [1.54, 1.807) is 10.7 Å². The van der Waals surface area contributed by atoms with Crippen molar-refractivity contribution in [2.75, 3.05) is 0 Å². The zero-order valence-electron chi connectivity index (χ0n) is 12.8. The average Bonchev–Trinajstić information content (AvgIpc) is 2.40. The Morgan fingerprint density at radius 1 is 1.29 bits per heavy atom. The fourth-order valence-electron chi connectivity index (χ4n) is 2.33. The van der Waals surface area contributed by atoms with E-state index >= 15 is 0 Å². The van der Waals surface area contributed by atoms with E-state index in [1.807, 2.05) is 26.0 Å². The minimum Gasteiger partial charge on any atom is -0.481 e. The van der Waals surface area contributed by atoms with Gasteiger partial charge in [0.15, 0.2) is 0 Å². The van der Waals surface area contributed by atoms with Gasteiger partial charge in [-0.25, -0.2) is 0 Å². The van der Waals surface area contributed by atoms with Crippen LogP contribution in [0.25, 0.3) is 10.9 Å². The second kappa shape index (κ2) is 5.68. The van der Waals surface area contributed by atoms with Crippen molar-refractivity contribution in [3.8, 4) is 0 Å². The van der Waals surface area contributed by atoms with Crippen LogP contribution in [0.2, 0.25) is 0 Å². The van der Waals surface area contributed by atoms with Crippen LogP contribution >= 0.6 is 0 Å². The van der Waals surface area contributed by atoms with Crippen LogP contribution in [0.3, 0.4) is 0 Å². The quantitative estimate of drug-likeness (QED) is 0.939. The monoisotopic (exact) mass is 288 g/mol. The summed E-state index contributed by atoms with van der Waals surface area (Å²) in [7, 11) is 0. The maximum atomic E-state index is 12.4. The molecule has 2 rings (SSSR count). The summed E-state index contributed by atoms with van der Waals surface area (Å²) in [6, 6.07) is 5.71. The predicted octanol–water partition coefficient (Wildman–Crippen LogP) is 2.73. The molecule has 5 heteroatoms. The van der Waals surface area contributed by atoms with Gasteiger partial charge in [0.05, 0.1) is 11.9 Å². The Kier molecular flexibility index (Phi) is 4.11. The number of hydrogen-bond donors (Lipinski definition) is 1. The predicted molar refractivity (Wildman–Crippen MR) is 81.8 cm³/mol. The van der Waals surface area contributed by atoms with Gasteiger partial charge < -0.3 is 5.11 Å². The summed E-state index contributed by atoms with van der Waals surface area (Å²) in [6.07, 6.45) is -0.354. The smallest absolute Gasteiger partial charge is 0.309 e. The summed E-state index contributed by atoms with van der Waals surface area (Å²) >= 11 is 0. The Morgan fingerprint density at radius 3 is 2.48 bits per heavy atom. The molecule has 1 N–H and O–H groups in total. The zero-order valence-corrected chi connectivity index (χ0v) is 12.8. The van der Waals surface area contributed by atoms with E-state index in [0.717, 1.165) is 11.1 Å². The third-order valence-electron chi connectivity index (χ3n) is 3.48. The standard InChI is InChI=1S/C16H20N2O3/c1-9(2)11-5-6-12-14(7-11)18(10(3)4)17-13(16(12)21)8-15(19)20/h5-7,9-10H,8H2,1-4H3,(H,19,20). The minimum atomic E-state index is -1.05. The second-order valence-electron chi connectivity index (χ2n) is 5.82. The van der Waals surface area contributed by atoms with Crippen molar-refractivity contribution < 1.29 is 9.90 Å². The lowest BCUT2D eigenvalue weighted by Crippen LogP contribution is -2.22. The first-order chi connectivity index (χ1) is 9.81. The molecule has 0 radical (unpaired) electrons. The summed E-state index contributed by atoms with van der Waals surface area (Å²) in [5.41, 5.74) is 1.68. The van der Waals surface area contributed by atoms with Gasteiger partial charge in [-0.2, -0.15) is 5.10 Å². The van der Waals surface area contributed by atoms with Crippen LogP contribution in [0.4, 0.5) is 0 Å². The number of benzene rings is 1. The second-order valence-corrected chi connectivity index (χ2v) is 5.82. The van der Waals surface area contributed by atoms with Crippen molar-refractivity contribution in [1.29, 1.82) is 0 Å². The van der Waals surface area contributed by atoms with Gasteiger partial charge in [0, 0.05) is 11.4 Å². The summed E-state index contributed by atoms with van der Waals surface area (Å²) in [5.74, 6) is -0.697. The van der Waals surface area contributed by atoms with Crippen molar-refractivity contribution in [2.24, 2.45) is 0 Å². The van der Waals surface area contributed by atoms with Crippen LogP contribution in [0.5, 0.6) is 0 Å². The molecule has 21 heavy (non-hydrogen) atoms. The number of carbonyl (C=O) groups is 1. The van der Waals surface area contributed by atoms with Crippen molar-refractivity contribution in [3.05, 3.63) is 39.7 Å². The molecule has 1 heterocycles. The van der Waals surface area contributed by atoms with Gasteiger partial charge >= 0.3 is 5.97 Å². The fourth-order valence-corrected chi connectivity index (χ4v) is 2.33. The highest BCUT2D eigenvalue weighted by Gasteiger charge is 2.15. The number of carboxylic acid groups (broad SMARTS) is 1. The third kappa shape index (κ3) is 2.96. The number of fused-ring (bicyclic) bond motifs is 1. The Labute approximate surface area is 123 Å². The molecule has 0 fully saturated rings. The number of aromatic nitrogens is 2. The molecule has 0 saturated carbocycles. The number of carboxylic acids is 1. The molecule has 112 valence electrons. The van der Waals surface area contributed by atoms with E-state index in [9.17, 15) is 9.59 Å². The molecule has 2 aromatic rings. The SMILES string of the molecule is CC(C)c1ccc2c(=O)c(CC(=O)O)nn(C(C)C)c2c1. The Balaban J connectivity index is 2.79. The van der Waals surface area contributed by atoms with Crippen molar-refractivity contribution in [2.45, 2.75) is 46.1 Å². The molecule has 5 nitrogen and oxygen atoms in total. The molecule has 0 bridgehead atoms. The van der Waals surface area contributed by atoms with Gasteiger partial charge in [-0.15, -0.1) is 0 Å². The number of nitrogens with zero attached hydrogens (tertiary/aromatic N) is 2. The van der Waals surface area contributed by atoms with E-state index < -0.39 is 5.97 Å². The topological polar surface area (TPSA) is 72.2 Å². The molecular weight excluding hydrogens is 268 g/mol. The molecular formula is C16H20N2O3. The molecule has 0 aliphatic heterocycles. The van der Waals surface area contributed by atoms with Gasteiger partial charge in [-0.1, -0.05) is 19.9 Å². The first-order valence-corrected chi connectivity index (χ1v) is 7.08. The van der Waals surface area contributed by atoms with Gasteiger partial charge in [-0.05, 0) is 37.5 Å². The molecule has 1 aromatic carbocycles. The number of aliphatic carboxylic acids is 1. The zero-order chi connectivity index (χ0) is 15.7. The fraction of sp³-hybridized carbons (Fsp3) is 0.438. The normalized spacial score (nSPS) is 11.5. The summed E-state index contributed by atoms with van der Waals surface area (Å²) < 4.78 is 1.74. The molecule has 0 unspecified atom stereocenters. The Bertz CT molecular complexity index is 745. The third-order valence-corrected chi connectivity index (χ3v) is 3.48. The number of rotatable bonds is 4.